The normalized spacial score (nSPS) is 14.4. The molecule has 1 aliphatic carbocycles. The standard InChI is InChI=1S/C26H24F2N4O3/c1-16(32-10-3-2-7-25(32)34)15-35-23-12-24-30-21(17-8-9-17)14-31(24)13-18(23)11-22(33)19-5-4-6-20(29-19)26(27)28/h2-7,10,12-14,16-17,26H,8-9,11,15H2,1H3/t16-/m0/s1. The summed E-state index contributed by atoms with van der Waals surface area (Å²) in [6, 6.07) is 10.5. The Labute approximate surface area is 200 Å². The topological polar surface area (TPSA) is 78.5 Å². The molecule has 5 rings (SSSR count). The van der Waals surface area contributed by atoms with Crippen molar-refractivity contribution in [2.45, 2.75) is 44.6 Å². The summed E-state index contributed by atoms with van der Waals surface area (Å²) in [5, 5.41) is 0. The van der Waals surface area contributed by atoms with E-state index in [1.807, 2.05) is 17.5 Å². The van der Waals surface area contributed by atoms with E-state index in [4.69, 9.17) is 9.72 Å². The second-order valence-corrected chi connectivity index (χ2v) is 8.82. The van der Waals surface area contributed by atoms with Crippen LogP contribution in [0.5, 0.6) is 5.75 Å². The summed E-state index contributed by atoms with van der Waals surface area (Å²) in [5.74, 6) is 0.516. The van der Waals surface area contributed by atoms with Gasteiger partial charge in [-0.3, -0.25) is 9.59 Å². The number of nitrogens with zero attached hydrogens (tertiary/aromatic N) is 4. The maximum Gasteiger partial charge on any atom is 0.280 e. The van der Waals surface area contributed by atoms with Crippen LogP contribution in [0.15, 0.2) is 65.8 Å². The summed E-state index contributed by atoms with van der Waals surface area (Å²) in [6.07, 6.45) is 4.81. The average Bonchev–Trinajstić information content (AvgIpc) is 3.62. The summed E-state index contributed by atoms with van der Waals surface area (Å²) < 4.78 is 35.7. The number of carbonyl (C=O) groups excluding carboxylic acids is 1. The first-order valence-corrected chi connectivity index (χ1v) is 11.5. The molecule has 1 atom stereocenters. The number of hydrogen-bond acceptors (Lipinski definition) is 5. The number of ether oxygens (including phenoxy) is 1. The van der Waals surface area contributed by atoms with Crippen LogP contribution in [-0.2, 0) is 6.42 Å². The van der Waals surface area contributed by atoms with E-state index < -0.39 is 17.9 Å². The number of carbonyl (C=O) groups is 1. The minimum absolute atomic E-state index is 0.0256. The molecule has 1 saturated carbocycles. The Kier molecular flexibility index (Phi) is 6.15. The largest absolute Gasteiger partial charge is 0.491 e. The van der Waals surface area contributed by atoms with Gasteiger partial charge in [0, 0.05) is 48.6 Å². The maximum absolute atomic E-state index is 13.1. The molecule has 35 heavy (non-hydrogen) atoms. The number of rotatable bonds is 9. The van der Waals surface area contributed by atoms with Gasteiger partial charge < -0.3 is 13.7 Å². The molecule has 0 aromatic carbocycles. The van der Waals surface area contributed by atoms with Crippen molar-refractivity contribution in [2.24, 2.45) is 0 Å². The zero-order chi connectivity index (χ0) is 24.5. The fourth-order valence-electron chi connectivity index (χ4n) is 4.01. The number of halogens is 2. The SMILES string of the molecule is C[C@@H](COc1cc2nc(C3CC3)cn2cc1CC(=O)c1cccc(C(F)F)n1)n1ccccc1=O. The molecule has 4 aromatic heterocycles. The molecule has 7 nitrogen and oxygen atoms in total. The molecule has 4 heterocycles. The smallest absolute Gasteiger partial charge is 0.280 e. The molecule has 0 aliphatic heterocycles. The van der Waals surface area contributed by atoms with Gasteiger partial charge in [-0.15, -0.1) is 0 Å². The second-order valence-electron chi connectivity index (χ2n) is 8.82. The molecule has 0 bridgehead atoms. The molecule has 1 aliphatic rings. The van der Waals surface area contributed by atoms with E-state index in [1.54, 1.807) is 35.2 Å². The summed E-state index contributed by atoms with van der Waals surface area (Å²) in [7, 11) is 0. The summed E-state index contributed by atoms with van der Waals surface area (Å²) in [4.78, 5) is 33.6. The summed E-state index contributed by atoms with van der Waals surface area (Å²) in [5.41, 5.74) is 1.67. The van der Waals surface area contributed by atoms with Crippen LogP contribution in [0.4, 0.5) is 8.78 Å². The minimum Gasteiger partial charge on any atom is -0.491 e. The van der Waals surface area contributed by atoms with E-state index in [0.29, 0.717) is 22.9 Å². The lowest BCUT2D eigenvalue weighted by Gasteiger charge is -2.18. The van der Waals surface area contributed by atoms with E-state index >= 15 is 0 Å². The molecule has 1 fully saturated rings. The highest BCUT2D eigenvalue weighted by atomic mass is 19.3. The number of fused-ring (bicyclic) bond motifs is 1. The zero-order valence-electron chi connectivity index (χ0n) is 19.1. The third-order valence-electron chi connectivity index (χ3n) is 6.08. The highest BCUT2D eigenvalue weighted by molar-refractivity contribution is 5.96. The molecule has 0 spiro atoms. The van der Waals surface area contributed by atoms with Gasteiger partial charge in [0.1, 0.15) is 29.4 Å². The molecule has 9 heteroatoms. The average molecular weight is 478 g/mol. The van der Waals surface area contributed by atoms with E-state index in [1.165, 1.54) is 24.3 Å². The first-order valence-electron chi connectivity index (χ1n) is 11.5. The Morgan fingerprint density at radius 2 is 1.97 bits per heavy atom. The van der Waals surface area contributed by atoms with Crippen LogP contribution in [0.25, 0.3) is 5.65 Å². The van der Waals surface area contributed by atoms with Gasteiger partial charge in [-0.2, -0.15) is 0 Å². The molecule has 0 saturated heterocycles. The highest BCUT2D eigenvalue weighted by Crippen LogP contribution is 2.39. The quantitative estimate of drug-likeness (QED) is 0.324. The Balaban J connectivity index is 1.44. The number of ketones is 1. The monoisotopic (exact) mass is 478 g/mol. The zero-order valence-corrected chi connectivity index (χ0v) is 19.1. The van der Waals surface area contributed by atoms with Crippen LogP contribution in [0.2, 0.25) is 0 Å². The lowest BCUT2D eigenvalue weighted by molar-refractivity contribution is 0.0984. The van der Waals surface area contributed by atoms with Crippen molar-refractivity contribution in [2.75, 3.05) is 6.61 Å². The van der Waals surface area contributed by atoms with Crippen LogP contribution in [0.3, 0.4) is 0 Å². The van der Waals surface area contributed by atoms with Gasteiger partial charge in [0.2, 0.25) is 0 Å². The number of aromatic nitrogens is 4. The lowest BCUT2D eigenvalue weighted by atomic mass is 10.1. The highest BCUT2D eigenvalue weighted by Gasteiger charge is 2.27. The molecule has 180 valence electrons. The second kappa shape index (κ2) is 9.40. The first-order chi connectivity index (χ1) is 16.9. The third-order valence-corrected chi connectivity index (χ3v) is 6.08. The Morgan fingerprint density at radius 1 is 1.14 bits per heavy atom. The lowest BCUT2D eigenvalue weighted by Crippen LogP contribution is -2.25. The number of imidazole rings is 1. The predicted molar refractivity (Wildman–Crippen MR) is 125 cm³/mol. The van der Waals surface area contributed by atoms with Crippen LogP contribution in [0, 0.1) is 0 Å². The van der Waals surface area contributed by atoms with E-state index in [2.05, 4.69) is 4.98 Å². The van der Waals surface area contributed by atoms with Crippen molar-refractivity contribution >= 4 is 11.4 Å². The number of hydrogen-bond donors (Lipinski definition) is 0. The minimum atomic E-state index is -2.76. The Hall–Kier alpha value is -3.88. The van der Waals surface area contributed by atoms with Crippen LogP contribution < -0.4 is 10.3 Å². The third kappa shape index (κ3) is 4.99. The van der Waals surface area contributed by atoms with E-state index in [9.17, 15) is 18.4 Å². The molecule has 0 amide bonds. The maximum atomic E-state index is 13.1. The molecular formula is C26H24F2N4O3. The van der Waals surface area contributed by atoms with Gasteiger partial charge in [-0.05, 0) is 38.0 Å². The van der Waals surface area contributed by atoms with Crippen molar-refractivity contribution in [3.05, 3.63) is 94.1 Å². The van der Waals surface area contributed by atoms with Gasteiger partial charge in [0.15, 0.2) is 5.78 Å². The summed E-state index contributed by atoms with van der Waals surface area (Å²) in [6.45, 7) is 2.06. The number of pyridine rings is 3. The molecular weight excluding hydrogens is 454 g/mol. The van der Waals surface area contributed by atoms with Gasteiger partial charge in [0.05, 0.1) is 11.7 Å². The fraction of sp³-hybridized carbons (Fsp3) is 0.308. The van der Waals surface area contributed by atoms with Crippen LogP contribution >= 0.6 is 0 Å². The van der Waals surface area contributed by atoms with Crippen molar-refractivity contribution in [1.82, 2.24) is 18.9 Å². The van der Waals surface area contributed by atoms with Gasteiger partial charge in [-0.25, -0.2) is 18.7 Å². The van der Waals surface area contributed by atoms with Crippen LogP contribution in [0.1, 0.15) is 65.6 Å². The molecule has 0 N–H and O–H groups in total. The molecule has 4 aromatic rings. The summed E-state index contributed by atoms with van der Waals surface area (Å²) >= 11 is 0. The van der Waals surface area contributed by atoms with E-state index in [0.717, 1.165) is 18.5 Å². The van der Waals surface area contributed by atoms with Crippen molar-refractivity contribution in [3.63, 3.8) is 0 Å². The Morgan fingerprint density at radius 3 is 2.71 bits per heavy atom. The predicted octanol–water partition coefficient (Wildman–Crippen LogP) is 4.77. The number of alkyl halides is 2. The van der Waals surface area contributed by atoms with Gasteiger partial charge in [0.25, 0.3) is 12.0 Å². The van der Waals surface area contributed by atoms with Crippen molar-refractivity contribution in [3.8, 4) is 5.75 Å². The van der Waals surface area contributed by atoms with E-state index in [-0.39, 0.29) is 30.3 Å². The van der Waals surface area contributed by atoms with Crippen LogP contribution in [-0.4, -0.2) is 31.3 Å². The van der Waals surface area contributed by atoms with Crippen molar-refractivity contribution in [1.29, 1.82) is 0 Å². The first kappa shape index (κ1) is 22.9. The number of Topliss-reactive ketones (excluding diaryl/α,β-unsaturated/α-hetero) is 1. The fourth-order valence-corrected chi connectivity index (χ4v) is 4.01. The molecule has 0 radical (unpaired) electrons. The van der Waals surface area contributed by atoms with Crippen molar-refractivity contribution < 1.29 is 18.3 Å². The Bertz CT molecular complexity index is 1440. The van der Waals surface area contributed by atoms with Gasteiger partial charge in [-0.1, -0.05) is 12.1 Å². The van der Waals surface area contributed by atoms with Gasteiger partial charge >= 0.3 is 0 Å². The molecule has 0 unspecified atom stereocenters.